The summed E-state index contributed by atoms with van der Waals surface area (Å²) in [6.07, 6.45) is 0. The van der Waals surface area contributed by atoms with E-state index in [2.05, 4.69) is 4.74 Å². The number of aryl methyl sites for hydroxylation is 1. The van der Waals surface area contributed by atoms with Gasteiger partial charge in [0, 0.05) is 5.56 Å². The molecule has 0 heterocycles. The van der Waals surface area contributed by atoms with Crippen LogP contribution in [0.5, 0.6) is 0 Å². The molecule has 1 aromatic carbocycles. The molecule has 0 aliphatic heterocycles. The van der Waals surface area contributed by atoms with Crippen molar-refractivity contribution in [2.24, 2.45) is 0 Å². The summed E-state index contributed by atoms with van der Waals surface area (Å²) in [6, 6.07) is 4.65. The highest BCUT2D eigenvalue weighted by molar-refractivity contribution is 6.41. The maximum absolute atomic E-state index is 13.8. The predicted octanol–water partition coefficient (Wildman–Crippen LogP) is 2.95. The molecule has 0 N–H and O–H groups in total. The molecule has 0 aliphatic carbocycles. The Morgan fingerprint density at radius 1 is 1.33 bits per heavy atom. The zero-order valence-corrected chi connectivity index (χ0v) is 11.0. The molecule has 0 spiro atoms. The Morgan fingerprint density at radius 2 is 1.94 bits per heavy atom. The van der Waals surface area contributed by atoms with Gasteiger partial charge in [-0.15, -0.1) is 0 Å². The number of hydrogen-bond donors (Lipinski definition) is 0. The molecule has 1 rings (SSSR count). The lowest BCUT2D eigenvalue weighted by Gasteiger charge is -2.16. The lowest BCUT2D eigenvalue weighted by atomic mass is 9.94. The van der Waals surface area contributed by atoms with Crippen LogP contribution >= 0.6 is 0 Å². The first-order chi connectivity index (χ1) is 8.27. The maximum atomic E-state index is 13.8. The lowest BCUT2D eigenvalue weighted by Crippen LogP contribution is -2.20. The number of halogens is 1. The zero-order chi connectivity index (χ0) is 13.9. The monoisotopic (exact) mass is 252 g/mol. The van der Waals surface area contributed by atoms with Gasteiger partial charge >= 0.3 is 5.97 Å². The van der Waals surface area contributed by atoms with E-state index in [1.165, 1.54) is 19.9 Å². The van der Waals surface area contributed by atoms with Crippen molar-refractivity contribution in [3.05, 3.63) is 34.9 Å². The Kier molecular flexibility index (Phi) is 4.22. The lowest BCUT2D eigenvalue weighted by molar-refractivity contribution is -0.137. The van der Waals surface area contributed by atoms with Gasteiger partial charge < -0.3 is 4.74 Å². The summed E-state index contributed by atoms with van der Waals surface area (Å²) in [4.78, 5) is 23.2. The largest absolute Gasteiger partial charge is 0.460 e. The molecule has 0 saturated carbocycles. The average Bonchev–Trinajstić information content (AvgIpc) is 2.27. The number of carbonyl (C=O) groups excluding carboxylic acids is 2. The van der Waals surface area contributed by atoms with Gasteiger partial charge in [-0.3, -0.25) is 4.79 Å². The Bertz CT molecular complexity index is 472. The summed E-state index contributed by atoms with van der Waals surface area (Å²) in [5, 5.41) is 0. The molecule has 4 heteroatoms. The van der Waals surface area contributed by atoms with E-state index in [-0.39, 0.29) is 12.2 Å². The molecule has 0 amide bonds. The number of rotatable bonds is 4. The van der Waals surface area contributed by atoms with Gasteiger partial charge in [-0.1, -0.05) is 12.1 Å². The summed E-state index contributed by atoms with van der Waals surface area (Å²) in [5.74, 6) is -1.64. The van der Waals surface area contributed by atoms with Crippen LogP contribution in [0.1, 0.15) is 42.3 Å². The van der Waals surface area contributed by atoms with Crippen molar-refractivity contribution in [1.29, 1.82) is 0 Å². The summed E-state index contributed by atoms with van der Waals surface area (Å²) in [7, 11) is 0. The fourth-order valence-corrected chi connectivity index (χ4v) is 1.54. The molecule has 0 aliphatic rings. The molecule has 0 atom stereocenters. The summed E-state index contributed by atoms with van der Waals surface area (Å²) < 4.78 is 18.5. The topological polar surface area (TPSA) is 43.4 Å². The van der Waals surface area contributed by atoms with Crippen LogP contribution < -0.4 is 0 Å². The Hall–Kier alpha value is -1.71. The second-order valence-corrected chi connectivity index (χ2v) is 4.55. The van der Waals surface area contributed by atoms with Gasteiger partial charge in [0.05, 0.1) is 6.61 Å². The van der Waals surface area contributed by atoms with Crippen molar-refractivity contribution in [1.82, 2.24) is 0 Å². The fourth-order valence-electron chi connectivity index (χ4n) is 1.54. The minimum absolute atomic E-state index is 0.137. The number of Topliss-reactive ketones (excluding diaryl/α,β-unsaturated/α-hetero) is 1. The minimum atomic E-state index is -1.56. The first-order valence-electron chi connectivity index (χ1n) is 5.79. The van der Waals surface area contributed by atoms with Crippen molar-refractivity contribution >= 4 is 11.8 Å². The van der Waals surface area contributed by atoms with Crippen LogP contribution in [0.15, 0.2) is 18.2 Å². The number of alkyl halides is 1. The Morgan fingerprint density at radius 3 is 2.44 bits per heavy atom. The number of ether oxygens (including phenoxy) is 1. The number of hydrogen-bond acceptors (Lipinski definition) is 3. The van der Waals surface area contributed by atoms with E-state index >= 15 is 0 Å². The third-order valence-corrected chi connectivity index (χ3v) is 2.63. The van der Waals surface area contributed by atoms with Gasteiger partial charge in [-0.25, -0.2) is 9.18 Å². The maximum Gasteiger partial charge on any atom is 0.379 e. The van der Waals surface area contributed by atoms with E-state index in [0.29, 0.717) is 11.1 Å². The Labute approximate surface area is 106 Å². The smallest absolute Gasteiger partial charge is 0.379 e. The Balaban J connectivity index is 3.16. The van der Waals surface area contributed by atoms with E-state index in [1.807, 2.05) is 0 Å². The van der Waals surface area contributed by atoms with Crippen LogP contribution in [0.3, 0.4) is 0 Å². The van der Waals surface area contributed by atoms with Gasteiger partial charge in [0.2, 0.25) is 0 Å². The van der Waals surface area contributed by atoms with Crippen molar-refractivity contribution in [3.8, 4) is 0 Å². The van der Waals surface area contributed by atoms with Crippen molar-refractivity contribution in [2.45, 2.75) is 33.4 Å². The number of benzene rings is 1. The molecule has 0 bridgehead atoms. The fraction of sp³-hybridized carbons (Fsp3) is 0.429. The van der Waals surface area contributed by atoms with E-state index in [4.69, 9.17) is 0 Å². The molecule has 98 valence electrons. The van der Waals surface area contributed by atoms with Gasteiger partial charge in [0.15, 0.2) is 0 Å². The molecular formula is C14H17FO3. The van der Waals surface area contributed by atoms with Crippen LogP contribution in [0.4, 0.5) is 4.39 Å². The van der Waals surface area contributed by atoms with E-state index in [1.54, 1.807) is 26.0 Å². The third kappa shape index (κ3) is 3.15. The van der Waals surface area contributed by atoms with E-state index < -0.39 is 17.4 Å². The van der Waals surface area contributed by atoms with E-state index in [9.17, 15) is 14.0 Å². The van der Waals surface area contributed by atoms with Gasteiger partial charge in [0.1, 0.15) is 5.67 Å². The van der Waals surface area contributed by atoms with Crippen molar-refractivity contribution < 1.29 is 18.7 Å². The number of carbonyl (C=O) groups is 2. The molecule has 0 radical (unpaired) electrons. The first kappa shape index (κ1) is 14.4. The standard InChI is InChI=1S/C14H17FO3/c1-5-18-13(17)12(16)11-8-10(14(3,4)15)7-6-9(11)2/h6-8H,5H2,1-4H3. The number of esters is 1. The van der Waals surface area contributed by atoms with Gasteiger partial charge in [0.25, 0.3) is 5.78 Å². The van der Waals surface area contributed by atoms with Crippen LogP contribution in [0.2, 0.25) is 0 Å². The highest BCUT2D eigenvalue weighted by Crippen LogP contribution is 2.26. The van der Waals surface area contributed by atoms with Crippen molar-refractivity contribution in [3.63, 3.8) is 0 Å². The third-order valence-electron chi connectivity index (χ3n) is 2.63. The molecule has 0 unspecified atom stereocenters. The highest BCUT2D eigenvalue weighted by Gasteiger charge is 2.24. The van der Waals surface area contributed by atoms with Crippen LogP contribution in [-0.2, 0) is 15.2 Å². The predicted molar refractivity (Wildman–Crippen MR) is 66.3 cm³/mol. The summed E-state index contributed by atoms with van der Waals surface area (Å²) in [5.41, 5.74) is -0.379. The molecular weight excluding hydrogens is 235 g/mol. The molecule has 1 aromatic rings. The van der Waals surface area contributed by atoms with Crippen molar-refractivity contribution in [2.75, 3.05) is 6.61 Å². The molecule has 0 aromatic heterocycles. The molecule has 0 saturated heterocycles. The second kappa shape index (κ2) is 5.29. The minimum Gasteiger partial charge on any atom is -0.460 e. The summed E-state index contributed by atoms with van der Waals surface area (Å²) >= 11 is 0. The first-order valence-corrected chi connectivity index (χ1v) is 5.79. The van der Waals surface area contributed by atoms with Crippen LogP contribution in [0, 0.1) is 6.92 Å². The quantitative estimate of drug-likeness (QED) is 0.470. The molecule has 0 fully saturated rings. The number of ketones is 1. The zero-order valence-electron chi connectivity index (χ0n) is 11.0. The van der Waals surface area contributed by atoms with E-state index in [0.717, 1.165) is 0 Å². The second-order valence-electron chi connectivity index (χ2n) is 4.55. The van der Waals surface area contributed by atoms with Crippen LogP contribution in [0.25, 0.3) is 0 Å². The molecule has 3 nitrogen and oxygen atoms in total. The summed E-state index contributed by atoms with van der Waals surface area (Å²) in [6.45, 7) is 6.26. The SMILES string of the molecule is CCOC(=O)C(=O)c1cc(C(C)(C)F)ccc1C. The van der Waals surface area contributed by atoms with Gasteiger partial charge in [-0.2, -0.15) is 0 Å². The highest BCUT2D eigenvalue weighted by atomic mass is 19.1. The van der Waals surface area contributed by atoms with Gasteiger partial charge in [-0.05, 0) is 44.9 Å². The average molecular weight is 252 g/mol. The normalized spacial score (nSPS) is 11.2. The molecule has 18 heavy (non-hydrogen) atoms. The van der Waals surface area contributed by atoms with Crippen LogP contribution in [-0.4, -0.2) is 18.4 Å².